The molecule has 20 heavy (non-hydrogen) atoms. The summed E-state index contributed by atoms with van der Waals surface area (Å²) in [6.07, 6.45) is -0.538. The average Bonchev–Trinajstić information content (AvgIpc) is 2.76. The molecule has 0 spiro atoms. The third-order valence-corrected chi connectivity index (χ3v) is 3.87. The van der Waals surface area contributed by atoms with Crippen molar-refractivity contribution in [3.63, 3.8) is 0 Å². The van der Waals surface area contributed by atoms with Gasteiger partial charge in [0, 0.05) is 23.0 Å². The van der Waals surface area contributed by atoms with Crippen LogP contribution < -0.4 is 4.90 Å². The molecule has 3 nitrogen and oxygen atoms in total. The van der Waals surface area contributed by atoms with Gasteiger partial charge in [-0.15, -0.1) is 0 Å². The molecular weight excluding hydrogens is 274 g/mol. The molecule has 1 aliphatic rings. The van der Waals surface area contributed by atoms with E-state index in [0.717, 1.165) is 11.3 Å². The number of halogens is 1. The van der Waals surface area contributed by atoms with Crippen LogP contribution in [0.4, 0.5) is 5.69 Å². The maximum absolute atomic E-state index is 12.2. The number of nitrogens with zero attached hydrogens (tertiary/aromatic N) is 1. The fourth-order valence-electron chi connectivity index (χ4n) is 2.60. The molecule has 0 radical (unpaired) electrons. The molecule has 3 rings (SSSR count). The van der Waals surface area contributed by atoms with Crippen LogP contribution in [-0.2, 0) is 4.79 Å². The number of aliphatic hydroxyl groups is 1. The van der Waals surface area contributed by atoms with Crippen molar-refractivity contribution >= 4 is 23.2 Å². The van der Waals surface area contributed by atoms with Gasteiger partial charge in [-0.1, -0.05) is 41.9 Å². The number of hydrogen-bond donors (Lipinski definition) is 1. The number of amides is 1. The first-order valence-electron chi connectivity index (χ1n) is 6.47. The summed E-state index contributed by atoms with van der Waals surface area (Å²) in [4.78, 5) is 13.6. The Morgan fingerprint density at radius 2 is 1.70 bits per heavy atom. The first-order valence-corrected chi connectivity index (χ1v) is 6.85. The van der Waals surface area contributed by atoms with E-state index in [-0.39, 0.29) is 11.8 Å². The van der Waals surface area contributed by atoms with Gasteiger partial charge in [0.2, 0.25) is 5.91 Å². The van der Waals surface area contributed by atoms with E-state index < -0.39 is 6.23 Å². The van der Waals surface area contributed by atoms with Crippen LogP contribution in [0.15, 0.2) is 54.6 Å². The van der Waals surface area contributed by atoms with Gasteiger partial charge in [-0.05, 0) is 29.8 Å². The van der Waals surface area contributed by atoms with Gasteiger partial charge in [-0.3, -0.25) is 9.69 Å². The highest BCUT2D eigenvalue weighted by molar-refractivity contribution is 6.30. The molecular formula is C16H14ClNO2. The molecule has 0 aliphatic carbocycles. The zero-order valence-corrected chi connectivity index (χ0v) is 11.5. The highest BCUT2D eigenvalue weighted by Gasteiger charge is 2.40. The third kappa shape index (κ3) is 2.30. The Balaban J connectivity index is 1.90. The van der Waals surface area contributed by atoms with Gasteiger partial charge >= 0.3 is 0 Å². The van der Waals surface area contributed by atoms with E-state index >= 15 is 0 Å². The minimum absolute atomic E-state index is 0.0661. The first-order chi connectivity index (χ1) is 9.66. The SMILES string of the molecule is O=C1C[C@H](c2ccc(Cl)cc2)C(O)N1c1ccccc1. The van der Waals surface area contributed by atoms with E-state index in [1.807, 2.05) is 42.5 Å². The second-order valence-electron chi connectivity index (χ2n) is 4.88. The Bertz CT molecular complexity index is 612. The number of carbonyl (C=O) groups excluding carboxylic acids is 1. The monoisotopic (exact) mass is 287 g/mol. The minimum atomic E-state index is -0.842. The molecule has 1 unspecified atom stereocenters. The largest absolute Gasteiger partial charge is 0.372 e. The average molecular weight is 288 g/mol. The van der Waals surface area contributed by atoms with Crippen molar-refractivity contribution in [1.82, 2.24) is 0 Å². The second-order valence-corrected chi connectivity index (χ2v) is 5.31. The summed E-state index contributed by atoms with van der Waals surface area (Å²) in [5, 5.41) is 11.1. The van der Waals surface area contributed by atoms with Crippen molar-refractivity contribution in [2.24, 2.45) is 0 Å². The molecule has 1 fully saturated rings. The Morgan fingerprint density at radius 3 is 2.35 bits per heavy atom. The van der Waals surface area contributed by atoms with Gasteiger partial charge < -0.3 is 5.11 Å². The van der Waals surface area contributed by atoms with Crippen molar-refractivity contribution in [1.29, 1.82) is 0 Å². The first kappa shape index (κ1) is 13.2. The standard InChI is InChI=1S/C16H14ClNO2/c17-12-8-6-11(7-9-12)14-10-15(19)18(16(14)20)13-4-2-1-3-5-13/h1-9,14,16,20H,10H2/t14-,16?/m1/s1. The fourth-order valence-corrected chi connectivity index (χ4v) is 2.73. The van der Waals surface area contributed by atoms with Crippen LogP contribution in [0.1, 0.15) is 17.9 Å². The van der Waals surface area contributed by atoms with Crippen LogP contribution in [0.25, 0.3) is 0 Å². The van der Waals surface area contributed by atoms with E-state index in [4.69, 9.17) is 11.6 Å². The number of benzene rings is 2. The molecule has 1 heterocycles. The van der Waals surface area contributed by atoms with Crippen molar-refractivity contribution in [3.05, 3.63) is 65.2 Å². The maximum atomic E-state index is 12.2. The smallest absolute Gasteiger partial charge is 0.229 e. The number of rotatable bonds is 2. The Labute approximate surface area is 122 Å². The quantitative estimate of drug-likeness (QED) is 0.921. The topological polar surface area (TPSA) is 40.5 Å². The van der Waals surface area contributed by atoms with Crippen molar-refractivity contribution in [2.75, 3.05) is 4.90 Å². The molecule has 1 saturated heterocycles. The maximum Gasteiger partial charge on any atom is 0.229 e. The highest BCUT2D eigenvalue weighted by Crippen LogP contribution is 2.36. The molecule has 1 aliphatic heterocycles. The molecule has 1 N–H and O–H groups in total. The van der Waals surface area contributed by atoms with Gasteiger partial charge in [0.05, 0.1) is 0 Å². The predicted molar refractivity (Wildman–Crippen MR) is 78.7 cm³/mol. The predicted octanol–water partition coefficient (Wildman–Crippen LogP) is 3.18. The summed E-state index contributed by atoms with van der Waals surface area (Å²) in [6.45, 7) is 0. The lowest BCUT2D eigenvalue weighted by Gasteiger charge is -2.23. The second kappa shape index (κ2) is 5.27. The number of aliphatic hydroxyl groups excluding tert-OH is 1. The van der Waals surface area contributed by atoms with E-state index in [2.05, 4.69) is 0 Å². The lowest BCUT2D eigenvalue weighted by Crippen LogP contribution is -2.34. The van der Waals surface area contributed by atoms with Gasteiger partial charge in [0.15, 0.2) is 0 Å². The molecule has 2 atom stereocenters. The Kier molecular flexibility index (Phi) is 3.47. The minimum Gasteiger partial charge on any atom is -0.372 e. The summed E-state index contributed by atoms with van der Waals surface area (Å²) in [7, 11) is 0. The molecule has 2 aromatic rings. The van der Waals surface area contributed by atoms with Gasteiger partial charge in [0.25, 0.3) is 0 Å². The third-order valence-electron chi connectivity index (χ3n) is 3.62. The summed E-state index contributed by atoms with van der Waals surface area (Å²) >= 11 is 5.87. The van der Waals surface area contributed by atoms with Gasteiger partial charge in [-0.25, -0.2) is 0 Å². The number of anilines is 1. The molecule has 0 bridgehead atoms. The summed E-state index contributed by atoms with van der Waals surface area (Å²) in [5.41, 5.74) is 1.65. The van der Waals surface area contributed by atoms with Crippen LogP contribution in [0.3, 0.4) is 0 Å². The van der Waals surface area contributed by atoms with E-state index in [0.29, 0.717) is 11.4 Å². The molecule has 102 valence electrons. The normalized spacial score (nSPS) is 22.3. The van der Waals surface area contributed by atoms with E-state index in [1.54, 1.807) is 12.1 Å². The van der Waals surface area contributed by atoms with Crippen LogP contribution in [-0.4, -0.2) is 17.2 Å². The molecule has 0 aromatic heterocycles. The van der Waals surface area contributed by atoms with Crippen LogP contribution in [0.2, 0.25) is 5.02 Å². The fraction of sp³-hybridized carbons (Fsp3) is 0.188. The lowest BCUT2D eigenvalue weighted by atomic mass is 9.97. The highest BCUT2D eigenvalue weighted by atomic mass is 35.5. The summed E-state index contributed by atoms with van der Waals surface area (Å²) in [5.74, 6) is -0.288. The van der Waals surface area contributed by atoms with E-state index in [9.17, 15) is 9.90 Å². The van der Waals surface area contributed by atoms with Gasteiger partial charge in [0.1, 0.15) is 6.23 Å². The van der Waals surface area contributed by atoms with Crippen LogP contribution in [0, 0.1) is 0 Å². The molecule has 0 saturated carbocycles. The molecule has 1 amide bonds. The lowest BCUT2D eigenvalue weighted by molar-refractivity contribution is -0.117. The summed E-state index contributed by atoms with van der Waals surface area (Å²) < 4.78 is 0. The van der Waals surface area contributed by atoms with Crippen LogP contribution in [0.5, 0.6) is 0 Å². The van der Waals surface area contributed by atoms with Gasteiger partial charge in [-0.2, -0.15) is 0 Å². The van der Waals surface area contributed by atoms with Crippen LogP contribution >= 0.6 is 11.6 Å². The van der Waals surface area contributed by atoms with Crippen molar-refractivity contribution < 1.29 is 9.90 Å². The zero-order valence-electron chi connectivity index (χ0n) is 10.7. The Hall–Kier alpha value is -1.84. The molecule has 4 heteroatoms. The summed E-state index contributed by atoms with van der Waals surface area (Å²) in [6, 6.07) is 16.5. The van der Waals surface area contributed by atoms with E-state index in [1.165, 1.54) is 4.90 Å². The molecule has 2 aromatic carbocycles. The van der Waals surface area contributed by atoms with Crippen molar-refractivity contribution in [3.8, 4) is 0 Å². The zero-order chi connectivity index (χ0) is 14.1. The van der Waals surface area contributed by atoms with Crippen molar-refractivity contribution in [2.45, 2.75) is 18.6 Å². The number of carbonyl (C=O) groups is 1. The number of para-hydroxylation sites is 1. The number of hydrogen-bond acceptors (Lipinski definition) is 2. The Morgan fingerprint density at radius 1 is 1.05 bits per heavy atom.